The van der Waals surface area contributed by atoms with Gasteiger partial charge in [0.2, 0.25) is 4.47 Å². The second kappa shape index (κ2) is 5.91. The number of hydrogen-bond donors (Lipinski definition) is 0. The van der Waals surface area contributed by atoms with Gasteiger partial charge in [-0.15, -0.1) is 10.2 Å². The summed E-state index contributed by atoms with van der Waals surface area (Å²) in [5, 5.41) is 8.73. The lowest BCUT2D eigenvalue weighted by Gasteiger charge is -2.14. The van der Waals surface area contributed by atoms with Gasteiger partial charge in [-0.05, 0) is 36.3 Å². The third kappa shape index (κ3) is 4.03. The topological polar surface area (TPSA) is 29.0 Å². The van der Waals surface area contributed by atoms with Crippen LogP contribution in [-0.4, -0.2) is 22.1 Å². The van der Waals surface area contributed by atoms with Gasteiger partial charge in [0.05, 0.1) is 6.54 Å². The zero-order valence-electron chi connectivity index (χ0n) is 9.23. The Morgan fingerprint density at radius 1 is 1.35 bits per heavy atom. The molecule has 1 heterocycles. The van der Waals surface area contributed by atoms with E-state index in [9.17, 15) is 0 Å². The molecular formula is C11H11BrClN3S. The molecule has 0 amide bonds. The Morgan fingerprint density at radius 2 is 2.18 bits per heavy atom. The van der Waals surface area contributed by atoms with Crippen molar-refractivity contribution in [1.29, 1.82) is 0 Å². The average Bonchev–Trinajstić information content (AvgIpc) is 2.63. The van der Waals surface area contributed by atoms with Gasteiger partial charge in [-0.1, -0.05) is 39.4 Å². The molecule has 0 aliphatic carbocycles. The van der Waals surface area contributed by atoms with Crippen LogP contribution in [0.1, 0.15) is 10.6 Å². The monoisotopic (exact) mass is 331 g/mol. The maximum Gasteiger partial charge on any atom is 0.207 e. The highest BCUT2D eigenvalue weighted by Gasteiger charge is 2.06. The Kier molecular flexibility index (Phi) is 4.50. The molecule has 6 heteroatoms. The second-order valence-electron chi connectivity index (χ2n) is 3.75. The molecule has 17 heavy (non-hydrogen) atoms. The van der Waals surface area contributed by atoms with Crippen LogP contribution in [0.5, 0.6) is 0 Å². The first-order valence-corrected chi connectivity index (χ1v) is 7.03. The van der Waals surface area contributed by atoms with Crippen LogP contribution in [0.3, 0.4) is 0 Å². The van der Waals surface area contributed by atoms with Gasteiger partial charge in [-0.25, -0.2) is 0 Å². The smallest absolute Gasteiger partial charge is 0.207 e. The van der Waals surface area contributed by atoms with E-state index in [1.165, 1.54) is 16.9 Å². The van der Waals surface area contributed by atoms with Crippen molar-refractivity contribution in [2.75, 3.05) is 7.05 Å². The van der Waals surface area contributed by atoms with Gasteiger partial charge >= 0.3 is 0 Å². The Morgan fingerprint density at radius 3 is 2.82 bits per heavy atom. The SMILES string of the molecule is CN(Cc1cccc(Br)c1)Cc1nnc(Cl)s1. The summed E-state index contributed by atoms with van der Waals surface area (Å²) in [6.45, 7) is 1.63. The van der Waals surface area contributed by atoms with E-state index in [1.807, 2.05) is 12.1 Å². The van der Waals surface area contributed by atoms with E-state index in [0.717, 1.165) is 22.6 Å². The van der Waals surface area contributed by atoms with E-state index in [1.54, 1.807) is 0 Å². The summed E-state index contributed by atoms with van der Waals surface area (Å²) in [6.07, 6.45) is 0. The fourth-order valence-corrected chi connectivity index (χ4v) is 2.93. The van der Waals surface area contributed by atoms with Crippen LogP contribution in [0, 0.1) is 0 Å². The molecular weight excluding hydrogens is 322 g/mol. The number of aromatic nitrogens is 2. The van der Waals surface area contributed by atoms with E-state index in [2.05, 4.69) is 50.2 Å². The van der Waals surface area contributed by atoms with Crippen molar-refractivity contribution in [3.05, 3.63) is 43.8 Å². The Hall–Kier alpha value is -0.490. The van der Waals surface area contributed by atoms with Crippen LogP contribution < -0.4 is 0 Å². The fraction of sp³-hybridized carbons (Fsp3) is 0.273. The average molecular weight is 333 g/mol. The van der Waals surface area contributed by atoms with Crippen molar-refractivity contribution in [2.24, 2.45) is 0 Å². The zero-order chi connectivity index (χ0) is 12.3. The first-order chi connectivity index (χ1) is 8.13. The van der Waals surface area contributed by atoms with Crippen molar-refractivity contribution in [2.45, 2.75) is 13.1 Å². The predicted molar refractivity (Wildman–Crippen MR) is 74.2 cm³/mol. The summed E-state index contributed by atoms with van der Waals surface area (Å²) in [5.74, 6) is 0. The quantitative estimate of drug-likeness (QED) is 0.857. The maximum absolute atomic E-state index is 5.75. The van der Waals surface area contributed by atoms with Gasteiger partial charge in [0.1, 0.15) is 5.01 Å². The predicted octanol–water partition coefficient (Wildman–Crippen LogP) is 3.59. The summed E-state index contributed by atoms with van der Waals surface area (Å²) in [4.78, 5) is 2.18. The van der Waals surface area contributed by atoms with Gasteiger partial charge in [-0.3, -0.25) is 4.90 Å². The molecule has 2 rings (SSSR count). The Bertz CT molecular complexity index is 503. The summed E-state index contributed by atoms with van der Waals surface area (Å²) in [7, 11) is 2.05. The van der Waals surface area contributed by atoms with Crippen LogP contribution >= 0.6 is 38.9 Å². The van der Waals surface area contributed by atoms with Gasteiger partial charge in [0.15, 0.2) is 0 Å². The number of halogens is 2. The first kappa shape index (κ1) is 13.0. The molecule has 0 aliphatic rings. The highest BCUT2D eigenvalue weighted by atomic mass is 79.9. The fourth-order valence-electron chi connectivity index (χ4n) is 1.53. The van der Waals surface area contributed by atoms with Crippen LogP contribution in [-0.2, 0) is 13.1 Å². The molecule has 0 radical (unpaired) electrons. The lowest BCUT2D eigenvalue weighted by molar-refractivity contribution is 0.317. The van der Waals surface area contributed by atoms with E-state index in [0.29, 0.717) is 4.47 Å². The number of benzene rings is 1. The molecule has 90 valence electrons. The summed E-state index contributed by atoms with van der Waals surface area (Å²) >= 11 is 10.6. The highest BCUT2D eigenvalue weighted by Crippen LogP contribution is 2.18. The lowest BCUT2D eigenvalue weighted by atomic mass is 10.2. The van der Waals surface area contributed by atoms with Crippen LogP contribution in [0.4, 0.5) is 0 Å². The molecule has 0 atom stereocenters. The van der Waals surface area contributed by atoms with E-state index in [-0.39, 0.29) is 0 Å². The minimum absolute atomic E-state index is 0.496. The molecule has 1 aromatic carbocycles. The van der Waals surface area contributed by atoms with Crippen LogP contribution in [0.15, 0.2) is 28.7 Å². The minimum atomic E-state index is 0.496. The molecule has 0 saturated carbocycles. The standard InChI is InChI=1S/C11H11BrClN3S/c1-16(7-10-14-15-11(13)17-10)6-8-3-2-4-9(12)5-8/h2-5H,6-7H2,1H3. The third-order valence-electron chi connectivity index (χ3n) is 2.19. The number of hydrogen-bond acceptors (Lipinski definition) is 4. The van der Waals surface area contributed by atoms with E-state index >= 15 is 0 Å². The molecule has 2 aromatic rings. The highest BCUT2D eigenvalue weighted by molar-refractivity contribution is 9.10. The Labute approximate surface area is 118 Å². The molecule has 0 bridgehead atoms. The molecule has 3 nitrogen and oxygen atoms in total. The maximum atomic E-state index is 5.75. The minimum Gasteiger partial charge on any atom is -0.295 e. The van der Waals surface area contributed by atoms with Crippen molar-refractivity contribution in [3.8, 4) is 0 Å². The first-order valence-electron chi connectivity index (χ1n) is 5.04. The lowest BCUT2D eigenvalue weighted by Crippen LogP contribution is -2.17. The van der Waals surface area contributed by atoms with Crippen molar-refractivity contribution >= 4 is 38.9 Å². The molecule has 0 N–H and O–H groups in total. The van der Waals surface area contributed by atoms with Crippen molar-refractivity contribution in [1.82, 2.24) is 15.1 Å². The largest absolute Gasteiger partial charge is 0.295 e. The molecule has 0 fully saturated rings. The molecule has 0 spiro atoms. The van der Waals surface area contributed by atoms with Crippen LogP contribution in [0.2, 0.25) is 4.47 Å². The van der Waals surface area contributed by atoms with Gasteiger partial charge in [0.25, 0.3) is 0 Å². The van der Waals surface area contributed by atoms with E-state index in [4.69, 9.17) is 11.6 Å². The van der Waals surface area contributed by atoms with E-state index < -0.39 is 0 Å². The van der Waals surface area contributed by atoms with Gasteiger partial charge in [-0.2, -0.15) is 0 Å². The van der Waals surface area contributed by atoms with Crippen molar-refractivity contribution in [3.63, 3.8) is 0 Å². The molecule has 0 saturated heterocycles. The molecule has 0 unspecified atom stereocenters. The second-order valence-corrected chi connectivity index (χ2v) is 6.31. The van der Waals surface area contributed by atoms with Crippen LogP contribution in [0.25, 0.3) is 0 Å². The summed E-state index contributed by atoms with van der Waals surface area (Å²) < 4.78 is 1.60. The molecule has 1 aromatic heterocycles. The Balaban J connectivity index is 1.95. The normalized spacial score (nSPS) is 11.1. The van der Waals surface area contributed by atoms with Crippen molar-refractivity contribution < 1.29 is 0 Å². The number of nitrogens with zero attached hydrogens (tertiary/aromatic N) is 3. The summed E-state index contributed by atoms with van der Waals surface area (Å²) in [5.41, 5.74) is 1.26. The molecule has 0 aliphatic heterocycles. The third-order valence-corrected chi connectivity index (χ3v) is 3.69. The summed E-state index contributed by atoms with van der Waals surface area (Å²) in [6, 6.07) is 8.28. The zero-order valence-corrected chi connectivity index (χ0v) is 12.4. The van der Waals surface area contributed by atoms with Gasteiger partial charge in [0, 0.05) is 11.0 Å². The number of rotatable bonds is 4. The van der Waals surface area contributed by atoms with Gasteiger partial charge < -0.3 is 0 Å².